The van der Waals surface area contributed by atoms with E-state index in [9.17, 15) is 9.90 Å². The van der Waals surface area contributed by atoms with Gasteiger partial charge in [-0.25, -0.2) is 9.97 Å². The Morgan fingerprint density at radius 3 is 2.53 bits per heavy atom. The topological polar surface area (TPSA) is 129 Å². The molecule has 1 unspecified atom stereocenters. The molecule has 0 aliphatic heterocycles. The van der Waals surface area contributed by atoms with Crippen molar-refractivity contribution in [2.45, 2.75) is 40.0 Å². The summed E-state index contributed by atoms with van der Waals surface area (Å²) in [6.45, 7) is 17.3. The molecule has 0 aromatic carbocycles. The van der Waals surface area contributed by atoms with E-state index in [1.165, 1.54) is 0 Å². The number of carbonyl (C=O) groups is 1. The van der Waals surface area contributed by atoms with E-state index in [1.807, 2.05) is 32.6 Å². The average Bonchev–Trinajstić information content (AvgIpc) is 3.22. The van der Waals surface area contributed by atoms with E-state index in [0.717, 1.165) is 5.70 Å². The van der Waals surface area contributed by atoms with Gasteiger partial charge in [-0.2, -0.15) is 5.11 Å². The van der Waals surface area contributed by atoms with Gasteiger partial charge in [0.2, 0.25) is 5.95 Å². The number of azo groups is 1. The van der Waals surface area contributed by atoms with Gasteiger partial charge in [0.05, 0.1) is 6.54 Å². The fourth-order valence-electron chi connectivity index (χ4n) is 3.04. The van der Waals surface area contributed by atoms with Crippen molar-refractivity contribution < 1.29 is 14.4 Å². The van der Waals surface area contributed by atoms with E-state index in [-0.39, 0.29) is 5.92 Å². The number of anilines is 1. The largest absolute Gasteiger partial charge is 0.481 e. The van der Waals surface area contributed by atoms with Crippen LogP contribution in [0.2, 0.25) is 0 Å². The molecule has 2 rings (SSSR count). The molecule has 0 amide bonds. The van der Waals surface area contributed by atoms with Crippen LogP contribution in [0.4, 0.5) is 5.95 Å². The third-order valence-electron chi connectivity index (χ3n) is 4.70. The van der Waals surface area contributed by atoms with Gasteiger partial charge in [-0.15, -0.1) is 5.11 Å². The first-order valence-corrected chi connectivity index (χ1v) is 10.5. The number of hydrogen-bond acceptors (Lipinski definition) is 9. The summed E-state index contributed by atoms with van der Waals surface area (Å²) in [5, 5.41) is 24.3. The van der Waals surface area contributed by atoms with Crippen LogP contribution in [0.25, 0.3) is 11.3 Å². The highest BCUT2D eigenvalue weighted by molar-refractivity contribution is 5.76. The molecule has 172 valence electrons. The van der Waals surface area contributed by atoms with Gasteiger partial charge in [0.25, 0.3) is 0 Å². The first kappa shape index (κ1) is 24.7. The van der Waals surface area contributed by atoms with Gasteiger partial charge in [0.1, 0.15) is 17.4 Å². The molecule has 2 aromatic heterocycles. The van der Waals surface area contributed by atoms with Crippen molar-refractivity contribution in [1.82, 2.24) is 20.4 Å². The molecule has 2 aromatic rings. The maximum Gasteiger partial charge on any atom is 0.314 e. The van der Waals surface area contributed by atoms with Crippen LogP contribution in [0.5, 0.6) is 0 Å². The maximum atomic E-state index is 11.5. The number of nitrogens with one attached hydrogen (secondary N) is 1. The summed E-state index contributed by atoms with van der Waals surface area (Å²) < 4.78 is 5.29. The lowest BCUT2D eigenvalue weighted by Gasteiger charge is -2.21. The molecule has 10 heteroatoms. The highest BCUT2D eigenvalue weighted by atomic mass is 16.5. The second kappa shape index (κ2) is 11.7. The van der Waals surface area contributed by atoms with Crippen molar-refractivity contribution in [3.63, 3.8) is 0 Å². The Bertz CT molecular complexity index is 951. The van der Waals surface area contributed by atoms with Crippen LogP contribution in [-0.2, 0) is 4.79 Å². The summed E-state index contributed by atoms with van der Waals surface area (Å²) in [4.78, 5) is 22.4. The second-order valence-electron chi connectivity index (χ2n) is 7.51. The standard InChI is InChI=1S/C22H31N7O3/c1-7-25-27-16(6)26-15(5)9-10-29(8-2)22-23-12-17(13-24-22)18-11-19(32-28-18)20(14(3)4)21(30)31/h11-14,20,26H,5-10H2,1-4H3,(H,30,31). The second-order valence-corrected chi connectivity index (χ2v) is 7.51. The monoisotopic (exact) mass is 441 g/mol. The molecule has 0 aliphatic carbocycles. The van der Waals surface area contributed by atoms with Crippen molar-refractivity contribution in [3.8, 4) is 11.3 Å². The number of nitrogens with zero attached hydrogens (tertiary/aromatic N) is 6. The summed E-state index contributed by atoms with van der Waals surface area (Å²) in [5.74, 6) is -0.485. The number of aliphatic carboxylic acids is 1. The van der Waals surface area contributed by atoms with Gasteiger partial charge in [0, 0.05) is 49.2 Å². The van der Waals surface area contributed by atoms with Crippen LogP contribution >= 0.6 is 0 Å². The van der Waals surface area contributed by atoms with Crippen molar-refractivity contribution in [2.24, 2.45) is 16.1 Å². The molecule has 0 saturated heterocycles. The van der Waals surface area contributed by atoms with Crippen LogP contribution in [0, 0.1) is 5.92 Å². The summed E-state index contributed by atoms with van der Waals surface area (Å²) >= 11 is 0. The fraction of sp³-hybridized carbons (Fsp3) is 0.455. The predicted molar refractivity (Wildman–Crippen MR) is 122 cm³/mol. The highest BCUT2D eigenvalue weighted by Gasteiger charge is 2.28. The lowest BCUT2D eigenvalue weighted by atomic mass is 9.93. The van der Waals surface area contributed by atoms with E-state index in [2.05, 4.69) is 43.8 Å². The minimum absolute atomic E-state index is 0.124. The third kappa shape index (κ3) is 6.73. The molecule has 32 heavy (non-hydrogen) atoms. The van der Waals surface area contributed by atoms with Gasteiger partial charge in [-0.1, -0.05) is 32.2 Å². The SMILES string of the molecule is C=C(CCN(CC)c1ncc(-c2cc(C(C(=O)O)C(C)C)on2)cn1)NC(=C)N=NCC. The van der Waals surface area contributed by atoms with Crippen molar-refractivity contribution in [3.05, 3.63) is 48.9 Å². The molecule has 2 N–H and O–H groups in total. The minimum atomic E-state index is -0.944. The maximum absolute atomic E-state index is 11.5. The van der Waals surface area contributed by atoms with Crippen molar-refractivity contribution >= 4 is 11.9 Å². The van der Waals surface area contributed by atoms with E-state index in [1.54, 1.807) is 18.5 Å². The lowest BCUT2D eigenvalue weighted by Crippen LogP contribution is -2.27. The molecular formula is C22H31N7O3. The average molecular weight is 442 g/mol. The first-order valence-electron chi connectivity index (χ1n) is 10.5. The summed E-state index contributed by atoms with van der Waals surface area (Å²) in [6, 6.07) is 1.63. The summed E-state index contributed by atoms with van der Waals surface area (Å²) in [7, 11) is 0. The van der Waals surface area contributed by atoms with E-state index in [0.29, 0.717) is 54.8 Å². The Morgan fingerprint density at radius 1 is 1.28 bits per heavy atom. The third-order valence-corrected chi connectivity index (χ3v) is 4.70. The zero-order valence-corrected chi connectivity index (χ0v) is 19.1. The van der Waals surface area contributed by atoms with Gasteiger partial charge >= 0.3 is 5.97 Å². The van der Waals surface area contributed by atoms with Gasteiger partial charge in [-0.05, 0) is 19.8 Å². The summed E-state index contributed by atoms with van der Waals surface area (Å²) in [6.07, 6.45) is 3.95. The number of carboxylic acid groups (broad SMARTS) is 1. The smallest absolute Gasteiger partial charge is 0.314 e. The Labute approximate surface area is 188 Å². The van der Waals surface area contributed by atoms with Crippen molar-refractivity contribution in [1.29, 1.82) is 0 Å². The Kier molecular flexibility index (Phi) is 9.06. The quantitative estimate of drug-likeness (QED) is 0.442. The van der Waals surface area contributed by atoms with E-state index < -0.39 is 11.9 Å². The minimum Gasteiger partial charge on any atom is -0.481 e. The zero-order valence-electron chi connectivity index (χ0n) is 19.1. The molecule has 0 fully saturated rings. The normalized spacial score (nSPS) is 12.2. The Morgan fingerprint density at radius 2 is 1.97 bits per heavy atom. The molecular weight excluding hydrogens is 410 g/mol. The van der Waals surface area contributed by atoms with Gasteiger partial charge in [-0.3, -0.25) is 4.79 Å². The van der Waals surface area contributed by atoms with Gasteiger partial charge in [0.15, 0.2) is 5.76 Å². The molecule has 0 aliphatic rings. The fourth-order valence-corrected chi connectivity index (χ4v) is 3.04. The molecule has 0 saturated carbocycles. The Hall–Kier alpha value is -3.56. The number of aromatic nitrogens is 3. The molecule has 1 atom stereocenters. The number of rotatable bonds is 13. The van der Waals surface area contributed by atoms with Crippen LogP contribution in [0.1, 0.15) is 45.8 Å². The zero-order chi connectivity index (χ0) is 23.7. The summed E-state index contributed by atoms with van der Waals surface area (Å²) in [5.41, 5.74) is 1.92. The molecule has 2 heterocycles. The number of hydrogen-bond donors (Lipinski definition) is 2. The Balaban J connectivity index is 2.03. The van der Waals surface area contributed by atoms with Crippen LogP contribution in [-0.4, -0.2) is 45.8 Å². The molecule has 0 spiro atoms. The predicted octanol–water partition coefficient (Wildman–Crippen LogP) is 4.22. The van der Waals surface area contributed by atoms with E-state index >= 15 is 0 Å². The van der Waals surface area contributed by atoms with Crippen LogP contribution in [0.15, 0.2) is 57.9 Å². The van der Waals surface area contributed by atoms with Crippen LogP contribution in [0.3, 0.4) is 0 Å². The lowest BCUT2D eigenvalue weighted by molar-refractivity contribution is -0.140. The molecule has 0 radical (unpaired) electrons. The number of carboxylic acids is 1. The van der Waals surface area contributed by atoms with Crippen molar-refractivity contribution in [2.75, 3.05) is 24.5 Å². The molecule has 0 bridgehead atoms. The first-order chi connectivity index (χ1) is 15.3. The molecule has 10 nitrogen and oxygen atoms in total. The van der Waals surface area contributed by atoms with E-state index in [4.69, 9.17) is 4.52 Å². The highest BCUT2D eigenvalue weighted by Crippen LogP contribution is 2.28. The van der Waals surface area contributed by atoms with Crippen LogP contribution < -0.4 is 10.2 Å². The van der Waals surface area contributed by atoms with Gasteiger partial charge < -0.3 is 19.8 Å².